The molecule has 0 radical (unpaired) electrons. The van der Waals surface area contributed by atoms with E-state index < -0.39 is 11.6 Å². The van der Waals surface area contributed by atoms with Crippen LogP contribution in [0, 0.1) is 11.6 Å². The van der Waals surface area contributed by atoms with Gasteiger partial charge in [-0.2, -0.15) is 4.68 Å². The fraction of sp³-hybridized carbons (Fsp3) is 0.333. The number of hydrogen-bond acceptors (Lipinski definition) is 8. The van der Waals surface area contributed by atoms with E-state index in [4.69, 9.17) is 5.73 Å². The smallest absolute Gasteiger partial charge is 0.190 e. The molecule has 1 aromatic carbocycles. The van der Waals surface area contributed by atoms with E-state index in [1.807, 2.05) is 6.20 Å². The molecule has 10 nitrogen and oxygen atoms in total. The maximum atomic E-state index is 14.4. The Bertz CT molecular complexity index is 1260. The van der Waals surface area contributed by atoms with E-state index in [0.29, 0.717) is 16.8 Å². The van der Waals surface area contributed by atoms with Crippen LogP contribution >= 0.6 is 0 Å². The van der Waals surface area contributed by atoms with E-state index in [2.05, 4.69) is 35.7 Å². The van der Waals surface area contributed by atoms with Crippen LogP contribution in [0.3, 0.4) is 0 Å². The molecule has 3 aromatic heterocycles. The number of pyridine rings is 1. The number of piperidine rings is 1. The van der Waals surface area contributed by atoms with Crippen molar-refractivity contribution in [3.8, 4) is 28.3 Å². The lowest BCUT2D eigenvalue weighted by Gasteiger charge is -2.25. The summed E-state index contributed by atoms with van der Waals surface area (Å²) in [5.74, 6) is -1.80. The Hall–Kier alpha value is -3.80. The lowest BCUT2D eigenvalue weighted by atomic mass is 10.1. The summed E-state index contributed by atoms with van der Waals surface area (Å²) in [4.78, 5) is 6.66. The van der Waals surface area contributed by atoms with E-state index in [1.165, 1.54) is 31.4 Å². The van der Waals surface area contributed by atoms with E-state index >= 15 is 0 Å². The topological polar surface area (TPSA) is 116 Å². The highest BCUT2D eigenvalue weighted by Gasteiger charge is 2.20. The molecule has 0 aliphatic carbocycles. The average Bonchev–Trinajstić information content (AvgIpc) is 3.51. The van der Waals surface area contributed by atoms with Gasteiger partial charge in [-0.15, -0.1) is 10.2 Å². The van der Waals surface area contributed by atoms with E-state index in [-0.39, 0.29) is 17.3 Å². The number of nitrogens with zero attached hydrogens (tertiary/aromatic N) is 9. The van der Waals surface area contributed by atoms with Crippen molar-refractivity contribution >= 4 is 5.82 Å². The Labute approximate surface area is 188 Å². The van der Waals surface area contributed by atoms with Crippen molar-refractivity contribution in [2.75, 3.05) is 25.4 Å². The molecule has 2 N–H and O–H groups in total. The van der Waals surface area contributed by atoms with Crippen LogP contribution < -0.4 is 5.73 Å². The largest absolute Gasteiger partial charge is 0.383 e. The minimum Gasteiger partial charge on any atom is -0.383 e. The summed E-state index contributed by atoms with van der Waals surface area (Å²) >= 11 is 0. The highest BCUT2D eigenvalue weighted by molar-refractivity contribution is 5.75. The van der Waals surface area contributed by atoms with Crippen molar-refractivity contribution in [2.24, 2.45) is 0 Å². The molecule has 33 heavy (non-hydrogen) atoms. The number of nitrogens with two attached hydrogens (primary N) is 1. The molecule has 0 spiro atoms. The number of benzene rings is 1. The predicted octanol–water partition coefficient (Wildman–Crippen LogP) is 2.33. The minimum absolute atomic E-state index is 0.129. The van der Waals surface area contributed by atoms with Gasteiger partial charge in [0.1, 0.15) is 17.2 Å². The quantitative estimate of drug-likeness (QED) is 0.474. The van der Waals surface area contributed by atoms with Gasteiger partial charge in [-0.3, -0.25) is 4.68 Å². The van der Waals surface area contributed by atoms with Gasteiger partial charge in [-0.1, -0.05) is 17.7 Å². The first kappa shape index (κ1) is 21.1. The number of aromatic nitrogens is 8. The molecule has 1 aliphatic rings. The summed E-state index contributed by atoms with van der Waals surface area (Å²) < 4.78 is 31.0. The fourth-order valence-electron chi connectivity index (χ4n) is 3.93. The normalized spacial score (nSPS) is 14.6. The van der Waals surface area contributed by atoms with Gasteiger partial charge in [0, 0.05) is 18.3 Å². The molecule has 12 heteroatoms. The maximum absolute atomic E-state index is 14.4. The van der Waals surface area contributed by atoms with Gasteiger partial charge in [0.2, 0.25) is 0 Å². The molecule has 5 rings (SSSR count). The maximum Gasteiger partial charge on any atom is 0.190 e. The van der Waals surface area contributed by atoms with Gasteiger partial charge in [-0.25, -0.2) is 13.8 Å². The second kappa shape index (κ2) is 8.98. The fourth-order valence-corrected chi connectivity index (χ4v) is 3.93. The second-order valence-corrected chi connectivity index (χ2v) is 7.91. The Kier molecular flexibility index (Phi) is 5.73. The molecule has 0 saturated carbocycles. The zero-order valence-electron chi connectivity index (χ0n) is 17.8. The number of anilines is 1. The van der Waals surface area contributed by atoms with Crippen molar-refractivity contribution in [3.63, 3.8) is 0 Å². The third kappa shape index (κ3) is 4.29. The number of nitrogen functional groups attached to an aromatic ring is 1. The minimum atomic E-state index is -1.06. The van der Waals surface area contributed by atoms with Crippen LogP contribution in [0.1, 0.15) is 19.3 Å². The van der Waals surface area contributed by atoms with E-state index in [1.54, 1.807) is 16.9 Å². The Morgan fingerprint density at radius 3 is 2.70 bits per heavy atom. The van der Waals surface area contributed by atoms with Gasteiger partial charge >= 0.3 is 0 Å². The third-order valence-electron chi connectivity index (χ3n) is 5.72. The predicted molar refractivity (Wildman–Crippen MR) is 116 cm³/mol. The van der Waals surface area contributed by atoms with E-state index in [0.717, 1.165) is 36.9 Å². The lowest BCUT2D eigenvalue weighted by molar-refractivity contribution is 0.217. The average molecular weight is 452 g/mol. The summed E-state index contributed by atoms with van der Waals surface area (Å²) in [5, 5.41) is 19.9. The van der Waals surface area contributed by atoms with Crippen LogP contribution in [0.25, 0.3) is 28.3 Å². The Morgan fingerprint density at radius 1 is 1.00 bits per heavy atom. The number of halogens is 2. The highest BCUT2D eigenvalue weighted by atomic mass is 19.2. The van der Waals surface area contributed by atoms with Gasteiger partial charge < -0.3 is 10.6 Å². The van der Waals surface area contributed by atoms with Crippen LogP contribution in [0.2, 0.25) is 0 Å². The molecule has 0 atom stereocenters. The number of tetrazole rings is 1. The summed E-state index contributed by atoms with van der Waals surface area (Å²) in [6.45, 7) is 3.89. The van der Waals surface area contributed by atoms with Gasteiger partial charge in [0.15, 0.2) is 17.5 Å². The monoisotopic (exact) mass is 452 g/mol. The highest BCUT2D eigenvalue weighted by Crippen LogP contribution is 2.29. The molecule has 1 saturated heterocycles. The first-order valence-corrected chi connectivity index (χ1v) is 10.7. The summed E-state index contributed by atoms with van der Waals surface area (Å²) in [6.07, 6.45) is 7.19. The first-order valence-electron chi connectivity index (χ1n) is 10.7. The summed E-state index contributed by atoms with van der Waals surface area (Å²) in [5.41, 5.74) is 7.56. The van der Waals surface area contributed by atoms with Crippen molar-refractivity contribution < 1.29 is 8.78 Å². The molecular weight excluding hydrogens is 430 g/mol. The standard InChI is InChI=1S/C21H22F2N10/c22-16-5-4-6-18(19(16)23)33-21(27-28-30-33)15-11-14(12-25-20(15)24)17-13-32(29-26-17)10-9-31-7-2-1-3-8-31/h4-6,11-13H,1-3,7-10H2,(H2,24,25). The zero-order chi connectivity index (χ0) is 22.8. The summed E-state index contributed by atoms with van der Waals surface area (Å²) in [6, 6.07) is 5.48. The van der Waals surface area contributed by atoms with Crippen molar-refractivity contribution in [3.05, 3.63) is 48.3 Å². The third-order valence-corrected chi connectivity index (χ3v) is 5.72. The van der Waals surface area contributed by atoms with E-state index in [9.17, 15) is 8.78 Å². The number of hydrogen-bond donors (Lipinski definition) is 1. The molecule has 170 valence electrons. The van der Waals surface area contributed by atoms with Crippen LogP contribution in [0.4, 0.5) is 14.6 Å². The van der Waals surface area contributed by atoms with Crippen LogP contribution in [0.15, 0.2) is 36.7 Å². The van der Waals surface area contributed by atoms with Gasteiger partial charge in [0.25, 0.3) is 0 Å². The molecule has 1 fully saturated rings. The summed E-state index contributed by atoms with van der Waals surface area (Å²) in [7, 11) is 0. The molecule has 4 heterocycles. The SMILES string of the molecule is Nc1ncc(-c2cn(CCN3CCCCC3)nn2)cc1-c1nnnn1-c1cccc(F)c1F. The second-order valence-electron chi connectivity index (χ2n) is 7.91. The molecule has 0 unspecified atom stereocenters. The van der Waals surface area contributed by atoms with Gasteiger partial charge in [-0.05, 0) is 54.6 Å². The molecule has 1 aliphatic heterocycles. The Morgan fingerprint density at radius 2 is 1.85 bits per heavy atom. The number of rotatable bonds is 6. The van der Waals surface area contributed by atoms with Crippen molar-refractivity contribution in [1.29, 1.82) is 0 Å². The van der Waals surface area contributed by atoms with Crippen molar-refractivity contribution in [1.82, 2.24) is 45.1 Å². The molecule has 4 aromatic rings. The Balaban J connectivity index is 1.42. The van der Waals surface area contributed by atoms with Crippen LogP contribution in [0.5, 0.6) is 0 Å². The molecular formula is C21H22F2N10. The first-order chi connectivity index (χ1) is 16.1. The zero-order valence-corrected chi connectivity index (χ0v) is 17.8. The molecule has 0 bridgehead atoms. The number of likely N-dealkylation sites (tertiary alicyclic amines) is 1. The van der Waals surface area contributed by atoms with Gasteiger partial charge in [0.05, 0.1) is 18.3 Å². The van der Waals surface area contributed by atoms with Crippen LogP contribution in [-0.4, -0.2) is 64.7 Å². The lowest BCUT2D eigenvalue weighted by Crippen LogP contribution is -2.32. The van der Waals surface area contributed by atoms with Crippen LogP contribution in [-0.2, 0) is 6.54 Å². The van der Waals surface area contributed by atoms with Crippen molar-refractivity contribution in [2.45, 2.75) is 25.8 Å². The molecule has 0 amide bonds.